The number of nitrogens with zero attached hydrogens (tertiary/aromatic N) is 1. The van der Waals surface area contributed by atoms with E-state index in [-0.39, 0.29) is 12.1 Å². The molecule has 0 fully saturated rings. The summed E-state index contributed by atoms with van der Waals surface area (Å²) >= 11 is 3.16. The molecule has 3 aromatic rings. The van der Waals surface area contributed by atoms with Gasteiger partial charge in [-0.15, -0.1) is 0 Å². The van der Waals surface area contributed by atoms with Crippen LogP contribution in [0.15, 0.2) is 77.3 Å². The van der Waals surface area contributed by atoms with Gasteiger partial charge in [-0.2, -0.15) is 0 Å². The van der Waals surface area contributed by atoms with Crippen molar-refractivity contribution in [2.24, 2.45) is 0 Å². The fraction of sp³-hybridized carbons (Fsp3) is 0.0909. The largest absolute Gasteiger partial charge is 0.455 e. The lowest BCUT2D eigenvalue weighted by Gasteiger charge is -2.08. The molecule has 30 heavy (non-hydrogen) atoms. The molecule has 0 atom stereocenters. The van der Waals surface area contributed by atoms with Gasteiger partial charge in [0.15, 0.2) is 6.61 Å². The summed E-state index contributed by atoms with van der Waals surface area (Å²) in [5.41, 5.74) is 3.14. The Morgan fingerprint density at radius 2 is 1.63 bits per heavy atom. The van der Waals surface area contributed by atoms with Gasteiger partial charge in [-0.05, 0) is 38.7 Å². The van der Waals surface area contributed by atoms with E-state index in [0.717, 1.165) is 16.7 Å². The van der Waals surface area contributed by atoms with Crippen molar-refractivity contribution in [2.75, 3.05) is 11.9 Å². The van der Waals surface area contributed by atoms with Gasteiger partial charge in [-0.1, -0.05) is 54.6 Å². The van der Waals surface area contributed by atoms with Gasteiger partial charge < -0.3 is 10.1 Å². The lowest BCUT2D eigenvalue weighted by molar-refractivity contribution is -0.384. The first-order chi connectivity index (χ1) is 14.4. The number of ether oxygens (including phenoxy) is 1. The van der Waals surface area contributed by atoms with Crippen LogP contribution in [-0.4, -0.2) is 23.4 Å². The van der Waals surface area contributed by atoms with E-state index in [1.54, 1.807) is 0 Å². The number of nitrogens with one attached hydrogen (secondary N) is 1. The number of nitro benzene ring substituents is 1. The molecule has 3 rings (SSSR count). The molecule has 0 aliphatic heterocycles. The van der Waals surface area contributed by atoms with Crippen molar-refractivity contribution in [2.45, 2.75) is 6.42 Å². The van der Waals surface area contributed by atoms with Crippen LogP contribution >= 0.6 is 15.9 Å². The third-order valence-corrected chi connectivity index (χ3v) is 4.87. The maximum atomic E-state index is 12.0. The molecular formula is C22H17BrN2O5. The highest BCUT2D eigenvalue weighted by molar-refractivity contribution is 9.10. The number of hydrogen-bond acceptors (Lipinski definition) is 5. The van der Waals surface area contributed by atoms with E-state index in [2.05, 4.69) is 21.2 Å². The molecule has 1 N–H and O–H groups in total. The minimum atomic E-state index is -0.544. The number of carbonyl (C=O) groups is 2. The topological polar surface area (TPSA) is 98.5 Å². The lowest BCUT2D eigenvalue weighted by atomic mass is 10.0. The van der Waals surface area contributed by atoms with Crippen LogP contribution in [0.5, 0.6) is 0 Å². The number of benzene rings is 3. The Bertz CT molecular complexity index is 1070. The van der Waals surface area contributed by atoms with Gasteiger partial charge in [0, 0.05) is 16.6 Å². The van der Waals surface area contributed by atoms with Crippen LogP contribution in [0.25, 0.3) is 11.1 Å². The van der Waals surface area contributed by atoms with Crippen molar-refractivity contribution in [1.82, 2.24) is 0 Å². The summed E-state index contributed by atoms with van der Waals surface area (Å²) in [4.78, 5) is 34.2. The zero-order valence-electron chi connectivity index (χ0n) is 15.7. The molecule has 0 spiro atoms. The Labute approximate surface area is 181 Å². The molecule has 152 valence electrons. The summed E-state index contributed by atoms with van der Waals surface area (Å²) < 4.78 is 5.38. The smallest absolute Gasteiger partial charge is 0.310 e. The van der Waals surface area contributed by atoms with E-state index < -0.39 is 23.4 Å². The minimum absolute atomic E-state index is 0.0452. The fourth-order valence-electron chi connectivity index (χ4n) is 2.71. The molecule has 0 aliphatic carbocycles. The van der Waals surface area contributed by atoms with Gasteiger partial charge in [-0.3, -0.25) is 19.7 Å². The van der Waals surface area contributed by atoms with Crippen LogP contribution < -0.4 is 5.32 Å². The standard InChI is InChI=1S/C22H17BrN2O5/c23-19-13-18(25(28)29)10-11-20(19)24-21(26)14-30-22(27)12-15-6-8-17(9-7-15)16-4-2-1-3-5-16/h1-11,13H,12,14H2,(H,24,26). The van der Waals surface area contributed by atoms with Gasteiger partial charge in [0.05, 0.1) is 17.0 Å². The molecular weight excluding hydrogens is 452 g/mol. The first-order valence-electron chi connectivity index (χ1n) is 8.96. The lowest BCUT2D eigenvalue weighted by Crippen LogP contribution is -2.21. The van der Waals surface area contributed by atoms with E-state index in [1.165, 1.54) is 18.2 Å². The second kappa shape index (κ2) is 9.80. The Hall–Kier alpha value is -3.52. The number of esters is 1. The van der Waals surface area contributed by atoms with E-state index in [4.69, 9.17) is 4.74 Å². The molecule has 0 aliphatic rings. The average Bonchev–Trinajstić information content (AvgIpc) is 2.75. The molecule has 1 amide bonds. The molecule has 0 aromatic heterocycles. The number of amides is 1. The number of rotatable bonds is 7. The number of hydrogen-bond donors (Lipinski definition) is 1. The summed E-state index contributed by atoms with van der Waals surface area (Å²) in [6, 6.07) is 21.4. The van der Waals surface area contributed by atoms with Crippen molar-refractivity contribution in [3.8, 4) is 11.1 Å². The Balaban J connectivity index is 1.49. The highest BCUT2D eigenvalue weighted by atomic mass is 79.9. The zero-order valence-corrected chi connectivity index (χ0v) is 17.3. The average molecular weight is 469 g/mol. The van der Waals surface area contributed by atoms with Crippen molar-refractivity contribution in [3.05, 3.63) is 92.9 Å². The first kappa shape index (κ1) is 21.2. The van der Waals surface area contributed by atoms with Crippen molar-refractivity contribution in [1.29, 1.82) is 0 Å². The third-order valence-electron chi connectivity index (χ3n) is 4.21. The Kier molecular flexibility index (Phi) is 6.92. The van der Waals surface area contributed by atoms with E-state index >= 15 is 0 Å². The Morgan fingerprint density at radius 1 is 0.967 bits per heavy atom. The summed E-state index contributed by atoms with van der Waals surface area (Å²) in [5, 5.41) is 13.3. The van der Waals surface area contributed by atoms with Crippen LogP contribution in [-0.2, 0) is 20.7 Å². The second-order valence-corrected chi connectivity index (χ2v) is 7.22. The molecule has 8 heteroatoms. The molecule has 0 unspecified atom stereocenters. The SMILES string of the molecule is O=C(COC(=O)Cc1ccc(-c2ccccc2)cc1)Nc1ccc([N+](=O)[O-])cc1Br. The van der Waals surface area contributed by atoms with Crippen LogP contribution in [0, 0.1) is 10.1 Å². The molecule has 0 heterocycles. The van der Waals surface area contributed by atoms with Crippen LogP contribution in [0.3, 0.4) is 0 Å². The van der Waals surface area contributed by atoms with Gasteiger partial charge >= 0.3 is 5.97 Å². The monoisotopic (exact) mass is 468 g/mol. The van der Waals surface area contributed by atoms with Crippen molar-refractivity contribution < 1.29 is 19.2 Å². The summed E-state index contributed by atoms with van der Waals surface area (Å²) in [5.74, 6) is -1.07. The van der Waals surface area contributed by atoms with Gasteiger partial charge in [0.25, 0.3) is 11.6 Å². The molecule has 0 saturated heterocycles. The predicted molar refractivity (Wildman–Crippen MR) is 116 cm³/mol. The van der Waals surface area contributed by atoms with Gasteiger partial charge in [0.1, 0.15) is 0 Å². The predicted octanol–water partition coefficient (Wildman–Crippen LogP) is 4.75. The zero-order chi connectivity index (χ0) is 21.5. The quantitative estimate of drug-likeness (QED) is 0.306. The number of non-ortho nitro benzene ring substituents is 1. The van der Waals surface area contributed by atoms with Crippen LogP contribution in [0.1, 0.15) is 5.56 Å². The summed E-state index contributed by atoms with van der Waals surface area (Å²) in [6.07, 6.45) is 0.0452. The second-order valence-electron chi connectivity index (χ2n) is 6.37. The molecule has 0 saturated carbocycles. The van der Waals surface area contributed by atoms with Gasteiger partial charge in [-0.25, -0.2) is 0 Å². The van der Waals surface area contributed by atoms with Crippen LogP contribution in [0.4, 0.5) is 11.4 Å². The number of nitro groups is 1. The normalized spacial score (nSPS) is 10.3. The van der Waals surface area contributed by atoms with E-state index in [1.807, 2.05) is 54.6 Å². The summed E-state index contributed by atoms with van der Waals surface area (Å²) in [7, 11) is 0. The number of anilines is 1. The number of halogens is 1. The Morgan fingerprint density at radius 3 is 2.27 bits per heavy atom. The van der Waals surface area contributed by atoms with E-state index in [0.29, 0.717) is 10.2 Å². The maximum absolute atomic E-state index is 12.0. The highest BCUT2D eigenvalue weighted by Crippen LogP contribution is 2.27. The molecule has 0 bridgehead atoms. The minimum Gasteiger partial charge on any atom is -0.455 e. The van der Waals surface area contributed by atoms with Crippen molar-refractivity contribution in [3.63, 3.8) is 0 Å². The number of carbonyl (C=O) groups excluding carboxylic acids is 2. The van der Waals surface area contributed by atoms with Crippen molar-refractivity contribution >= 4 is 39.2 Å². The van der Waals surface area contributed by atoms with E-state index in [9.17, 15) is 19.7 Å². The fourth-order valence-corrected chi connectivity index (χ4v) is 3.18. The molecule has 7 nitrogen and oxygen atoms in total. The van der Waals surface area contributed by atoms with Crippen LogP contribution in [0.2, 0.25) is 0 Å². The summed E-state index contributed by atoms with van der Waals surface area (Å²) in [6.45, 7) is -0.454. The molecule has 3 aromatic carbocycles. The maximum Gasteiger partial charge on any atom is 0.310 e. The third kappa shape index (κ3) is 5.74. The highest BCUT2D eigenvalue weighted by Gasteiger charge is 2.13. The van der Waals surface area contributed by atoms with Gasteiger partial charge in [0.2, 0.25) is 0 Å². The first-order valence-corrected chi connectivity index (χ1v) is 9.75. The molecule has 0 radical (unpaired) electrons.